The van der Waals surface area contributed by atoms with Crippen LogP contribution in [0.3, 0.4) is 0 Å². The standard InChI is InChI=1S/C25H33N3O2S/c1-24(2)14-18(15-25(3,4)26-24)28(16-17-7-9-19(30-6)10-8-17)23(29)21-13-22-20(27(21)5)11-12-31-22/h7-13,18,26H,14-16H2,1-6H3. The third-order valence-corrected chi connectivity index (χ3v) is 7.12. The topological polar surface area (TPSA) is 46.5 Å². The monoisotopic (exact) mass is 439 g/mol. The number of carbonyl (C=O) groups excluding carboxylic acids is 1. The molecule has 31 heavy (non-hydrogen) atoms. The van der Waals surface area contributed by atoms with E-state index in [0.717, 1.165) is 40.1 Å². The zero-order valence-electron chi connectivity index (χ0n) is 19.4. The molecule has 0 bridgehead atoms. The molecular formula is C25H33N3O2S. The molecule has 166 valence electrons. The summed E-state index contributed by atoms with van der Waals surface area (Å²) >= 11 is 1.68. The van der Waals surface area contributed by atoms with E-state index in [1.165, 1.54) is 0 Å². The Morgan fingerprint density at radius 2 is 1.81 bits per heavy atom. The Hall–Kier alpha value is -2.31. The molecule has 4 rings (SSSR count). The molecule has 1 fully saturated rings. The second-order valence-corrected chi connectivity index (χ2v) is 10.9. The highest BCUT2D eigenvalue weighted by atomic mass is 32.1. The second-order valence-electron chi connectivity index (χ2n) is 9.99. The molecule has 1 N–H and O–H groups in total. The molecule has 2 aromatic heterocycles. The Labute approximate surface area is 189 Å². The highest BCUT2D eigenvalue weighted by Gasteiger charge is 2.41. The van der Waals surface area contributed by atoms with E-state index >= 15 is 0 Å². The number of fused-ring (bicyclic) bond motifs is 1. The smallest absolute Gasteiger partial charge is 0.271 e. The number of carbonyl (C=O) groups is 1. The number of amides is 1. The van der Waals surface area contributed by atoms with Crippen LogP contribution in [0, 0.1) is 0 Å². The van der Waals surface area contributed by atoms with Gasteiger partial charge in [-0.15, -0.1) is 11.3 Å². The normalized spacial score (nSPS) is 18.3. The Bertz CT molecular complexity index is 1060. The summed E-state index contributed by atoms with van der Waals surface area (Å²) in [5.74, 6) is 0.925. The lowest BCUT2D eigenvalue weighted by Gasteiger charge is -2.49. The molecule has 0 radical (unpaired) electrons. The molecule has 1 amide bonds. The average molecular weight is 440 g/mol. The average Bonchev–Trinajstić information content (AvgIpc) is 3.26. The van der Waals surface area contributed by atoms with E-state index in [-0.39, 0.29) is 23.0 Å². The van der Waals surface area contributed by atoms with Gasteiger partial charge in [0, 0.05) is 30.7 Å². The summed E-state index contributed by atoms with van der Waals surface area (Å²) in [4.78, 5) is 16.0. The molecule has 0 saturated carbocycles. The molecule has 0 spiro atoms. The maximum Gasteiger partial charge on any atom is 0.271 e. The Morgan fingerprint density at radius 3 is 2.39 bits per heavy atom. The third kappa shape index (κ3) is 4.51. The highest BCUT2D eigenvalue weighted by Crippen LogP contribution is 2.34. The lowest BCUT2D eigenvalue weighted by Crippen LogP contribution is -2.62. The van der Waals surface area contributed by atoms with Gasteiger partial charge in [-0.1, -0.05) is 12.1 Å². The van der Waals surface area contributed by atoms with Crippen molar-refractivity contribution >= 4 is 27.5 Å². The van der Waals surface area contributed by atoms with Crippen LogP contribution in [0.5, 0.6) is 5.75 Å². The van der Waals surface area contributed by atoms with E-state index in [1.54, 1.807) is 18.4 Å². The first kappa shape index (κ1) is 21.9. The van der Waals surface area contributed by atoms with Crippen molar-refractivity contribution < 1.29 is 9.53 Å². The number of piperidine rings is 1. The number of hydrogen-bond donors (Lipinski definition) is 1. The van der Waals surface area contributed by atoms with Gasteiger partial charge in [0.25, 0.3) is 5.91 Å². The maximum absolute atomic E-state index is 13.9. The van der Waals surface area contributed by atoms with Gasteiger partial charge in [0.1, 0.15) is 11.4 Å². The van der Waals surface area contributed by atoms with Gasteiger partial charge in [-0.2, -0.15) is 0 Å². The summed E-state index contributed by atoms with van der Waals surface area (Å²) in [6.45, 7) is 9.51. The van der Waals surface area contributed by atoms with Crippen LogP contribution in [0.15, 0.2) is 41.8 Å². The number of benzene rings is 1. The quantitative estimate of drug-likeness (QED) is 0.594. The van der Waals surface area contributed by atoms with E-state index < -0.39 is 0 Å². The second kappa shape index (κ2) is 7.99. The largest absolute Gasteiger partial charge is 0.497 e. The Morgan fingerprint density at radius 1 is 1.16 bits per heavy atom. The molecule has 1 aliphatic heterocycles. The van der Waals surface area contributed by atoms with Gasteiger partial charge >= 0.3 is 0 Å². The number of aromatic nitrogens is 1. The number of hydrogen-bond acceptors (Lipinski definition) is 4. The van der Waals surface area contributed by atoms with Gasteiger partial charge in [-0.3, -0.25) is 4.79 Å². The minimum absolute atomic E-state index is 0.0423. The number of methoxy groups -OCH3 is 1. The summed E-state index contributed by atoms with van der Waals surface area (Å²) in [7, 11) is 3.66. The Balaban J connectivity index is 1.71. The molecule has 0 aliphatic carbocycles. The van der Waals surface area contributed by atoms with Crippen LogP contribution in [0.4, 0.5) is 0 Å². The van der Waals surface area contributed by atoms with Crippen molar-refractivity contribution in [2.24, 2.45) is 7.05 Å². The number of nitrogens with zero attached hydrogens (tertiary/aromatic N) is 2. The van der Waals surface area contributed by atoms with Crippen LogP contribution in [0.2, 0.25) is 0 Å². The molecule has 3 aromatic rings. The summed E-state index contributed by atoms with van der Waals surface area (Å²) in [5, 5.41) is 5.82. The number of thiophene rings is 1. The summed E-state index contributed by atoms with van der Waals surface area (Å²) in [5.41, 5.74) is 2.89. The first-order valence-electron chi connectivity index (χ1n) is 10.8. The first-order valence-corrected chi connectivity index (χ1v) is 11.7. The Kier molecular flexibility index (Phi) is 5.64. The number of ether oxygens (including phenoxy) is 1. The number of rotatable bonds is 5. The predicted octanol–water partition coefficient (Wildman–Crippen LogP) is 5.20. The molecule has 0 atom stereocenters. The van der Waals surface area contributed by atoms with Crippen LogP contribution in [0.25, 0.3) is 10.2 Å². The SMILES string of the molecule is COc1ccc(CN(C(=O)c2cc3sccc3n2C)C2CC(C)(C)NC(C)(C)C2)cc1. The van der Waals surface area contributed by atoms with Gasteiger partial charge in [0.15, 0.2) is 0 Å². The van der Waals surface area contributed by atoms with Crippen LogP contribution in [-0.4, -0.2) is 39.6 Å². The van der Waals surface area contributed by atoms with Crippen molar-refractivity contribution in [2.45, 2.75) is 64.2 Å². The van der Waals surface area contributed by atoms with Crippen molar-refractivity contribution in [2.75, 3.05) is 7.11 Å². The third-order valence-electron chi connectivity index (χ3n) is 6.27. The highest BCUT2D eigenvalue weighted by molar-refractivity contribution is 7.17. The van der Waals surface area contributed by atoms with E-state index in [9.17, 15) is 4.79 Å². The molecule has 3 heterocycles. The summed E-state index contributed by atoms with van der Waals surface area (Å²) in [6, 6.07) is 12.3. The van der Waals surface area contributed by atoms with Crippen LogP contribution >= 0.6 is 11.3 Å². The van der Waals surface area contributed by atoms with Crippen LogP contribution in [0.1, 0.15) is 56.6 Å². The molecule has 6 heteroatoms. The molecule has 1 saturated heterocycles. The molecular weight excluding hydrogens is 406 g/mol. The van der Waals surface area contributed by atoms with Gasteiger partial charge in [-0.05, 0) is 75.7 Å². The lowest BCUT2D eigenvalue weighted by atomic mass is 9.78. The number of nitrogens with one attached hydrogen (secondary N) is 1. The minimum atomic E-state index is -0.0423. The van der Waals surface area contributed by atoms with Crippen molar-refractivity contribution in [3.05, 3.63) is 53.0 Å². The van der Waals surface area contributed by atoms with Crippen molar-refractivity contribution in [3.63, 3.8) is 0 Å². The number of aryl methyl sites for hydroxylation is 1. The van der Waals surface area contributed by atoms with Crippen molar-refractivity contribution in [3.8, 4) is 5.75 Å². The predicted molar refractivity (Wildman–Crippen MR) is 128 cm³/mol. The lowest BCUT2D eigenvalue weighted by molar-refractivity contribution is 0.0412. The zero-order valence-corrected chi connectivity index (χ0v) is 20.2. The van der Waals surface area contributed by atoms with Gasteiger partial charge in [0.05, 0.1) is 17.3 Å². The minimum Gasteiger partial charge on any atom is -0.497 e. The molecule has 1 aromatic carbocycles. The maximum atomic E-state index is 13.9. The summed E-state index contributed by atoms with van der Waals surface area (Å²) in [6.07, 6.45) is 1.83. The fourth-order valence-electron chi connectivity index (χ4n) is 5.19. The summed E-state index contributed by atoms with van der Waals surface area (Å²) < 4.78 is 8.50. The van der Waals surface area contributed by atoms with E-state index in [4.69, 9.17) is 4.74 Å². The van der Waals surface area contributed by atoms with Gasteiger partial charge in [0.2, 0.25) is 0 Å². The first-order chi connectivity index (χ1) is 14.6. The van der Waals surface area contributed by atoms with Crippen molar-refractivity contribution in [1.82, 2.24) is 14.8 Å². The fourth-order valence-corrected chi connectivity index (χ4v) is 6.03. The van der Waals surface area contributed by atoms with Gasteiger partial charge < -0.3 is 19.5 Å². The molecule has 5 nitrogen and oxygen atoms in total. The van der Waals surface area contributed by atoms with Crippen LogP contribution < -0.4 is 10.1 Å². The fraction of sp³-hybridized carbons (Fsp3) is 0.480. The van der Waals surface area contributed by atoms with Crippen molar-refractivity contribution in [1.29, 1.82) is 0 Å². The van der Waals surface area contributed by atoms with Gasteiger partial charge in [-0.25, -0.2) is 0 Å². The van der Waals surface area contributed by atoms with E-state index in [0.29, 0.717) is 6.54 Å². The molecule has 1 aliphatic rings. The zero-order chi connectivity index (χ0) is 22.4. The van der Waals surface area contributed by atoms with E-state index in [2.05, 4.69) is 61.5 Å². The van der Waals surface area contributed by atoms with E-state index in [1.807, 2.05) is 29.8 Å². The van der Waals surface area contributed by atoms with Crippen LogP contribution in [-0.2, 0) is 13.6 Å². The molecule has 0 unspecified atom stereocenters.